The molecule has 1 aliphatic heterocycles. The van der Waals surface area contributed by atoms with Crippen molar-refractivity contribution in [3.63, 3.8) is 0 Å². The van der Waals surface area contributed by atoms with Crippen LogP contribution in [0, 0.1) is 0 Å². The van der Waals surface area contributed by atoms with Crippen molar-refractivity contribution in [1.29, 1.82) is 0 Å². The molecular weight excluding hydrogens is 136 g/mol. The van der Waals surface area contributed by atoms with Crippen LogP contribution in [0.1, 0.15) is 17.9 Å². The minimum Gasteiger partial charge on any atom is -0.297 e. The third-order valence-electron chi connectivity index (χ3n) is 1.97. The molecule has 2 heterocycles. The van der Waals surface area contributed by atoms with Crippen LogP contribution in [0.15, 0.2) is 29.5 Å². The fourth-order valence-electron chi connectivity index (χ4n) is 1.34. The highest BCUT2D eigenvalue weighted by Crippen LogP contribution is 2.19. The summed E-state index contributed by atoms with van der Waals surface area (Å²) in [5, 5.41) is 0. The minimum atomic E-state index is 0.517. The largest absolute Gasteiger partial charge is 0.297 e. The Balaban J connectivity index is 2.23. The van der Waals surface area contributed by atoms with Gasteiger partial charge in [0.05, 0.1) is 0 Å². The first-order valence-electron chi connectivity index (χ1n) is 3.87. The van der Waals surface area contributed by atoms with Crippen LogP contribution < -0.4 is 0 Å². The van der Waals surface area contributed by atoms with Crippen molar-refractivity contribution >= 4 is 6.21 Å². The first-order chi connectivity index (χ1) is 5.47. The quantitative estimate of drug-likeness (QED) is 0.591. The van der Waals surface area contributed by atoms with E-state index >= 15 is 0 Å². The van der Waals surface area contributed by atoms with Crippen LogP contribution in [-0.2, 0) is 0 Å². The Hall–Kier alpha value is -1.18. The van der Waals surface area contributed by atoms with Gasteiger partial charge < -0.3 is 0 Å². The van der Waals surface area contributed by atoms with Gasteiger partial charge in [-0.15, -0.1) is 0 Å². The number of aliphatic imine (C=N–C) groups is 1. The van der Waals surface area contributed by atoms with Crippen molar-refractivity contribution in [3.05, 3.63) is 30.1 Å². The van der Waals surface area contributed by atoms with Crippen LogP contribution >= 0.6 is 0 Å². The highest BCUT2D eigenvalue weighted by atomic mass is 14.7. The molecule has 1 aromatic heterocycles. The topological polar surface area (TPSA) is 25.2 Å². The first-order valence-corrected chi connectivity index (χ1v) is 3.87. The highest BCUT2D eigenvalue weighted by molar-refractivity contribution is 5.69. The lowest BCUT2D eigenvalue weighted by atomic mass is 10.0. The Kier molecular flexibility index (Phi) is 1.68. The molecule has 11 heavy (non-hydrogen) atoms. The highest BCUT2D eigenvalue weighted by Gasteiger charge is 2.11. The molecule has 0 saturated carbocycles. The molecule has 2 rings (SSSR count). The summed E-state index contributed by atoms with van der Waals surface area (Å²) < 4.78 is 0. The van der Waals surface area contributed by atoms with E-state index in [2.05, 4.69) is 16.0 Å². The Morgan fingerprint density at radius 1 is 1.45 bits per heavy atom. The molecule has 0 aliphatic carbocycles. The molecule has 1 aliphatic rings. The van der Waals surface area contributed by atoms with E-state index in [1.165, 1.54) is 5.56 Å². The molecule has 0 radical (unpaired) electrons. The number of rotatable bonds is 1. The average molecular weight is 146 g/mol. The van der Waals surface area contributed by atoms with Crippen LogP contribution in [0.25, 0.3) is 0 Å². The Bertz CT molecular complexity index is 254. The predicted molar refractivity (Wildman–Crippen MR) is 45.0 cm³/mol. The van der Waals surface area contributed by atoms with Crippen LogP contribution in [-0.4, -0.2) is 17.7 Å². The Morgan fingerprint density at radius 3 is 3.09 bits per heavy atom. The molecule has 0 saturated heterocycles. The zero-order valence-electron chi connectivity index (χ0n) is 6.27. The number of nitrogens with zero attached hydrogens (tertiary/aromatic N) is 2. The van der Waals surface area contributed by atoms with Gasteiger partial charge >= 0.3 is 0 Å². The van der Waals surface area contributed by atoms with Crippen molar-refractivity contribution in [2.75, 3.05) is 6.54 Å². The second-order valence-electron chi connectivity index (χ2n) is 2.74. The van der Waals surface area contributed by atoms with E-state index in [9.17, 15) is 0 Å². The van der Waals surface area contributed by atoms with Crippen LogP contribution in [0.4, 0.5) is 0 Å². The second-order valence-corrected chi connectivity index (χ2v) is 2.74. The van der Waals surface area contributed by atoms with Crippen molar-refractivity contribution < 1.29 is 0 Å². The van der Waals surface area contributed by atoms with E-state index in [0.29, 0.717) is 5.92 Å². The molecule has 2 nitrogen and oxygen atoms in total. The van der Waals surface area contributed by atoms with Crippen LogP contribution in [0.3, 0.4) is 0 Å². The molecule has 0 bridgehead atoms. The van der Waals surface area contributed by atoms with Crippen LogP contribution in [0.2, 0.25) is 0 Å². The third-order valence-corrected chi connectivity index (χ3v) is 1.97. The first kappa shape index (κ1) is 6.53. The summed E-state index contributed by atoms with van der Waals surface area (Å²) in [5.41, 5.74) is 1.29. The number of hydrogen-bond donors (Lipinski definition) is 0. The van der Waals surface area contributed by atoms with E-state index in [-0.39, 0.29) is 0 Å². The number of hydrogen-bond acceptors (Lipinski definition) is 2. The predicted octanol–water partition coefficient (Wildman–Crippen LogP) is 1.64. The molecule has 2 heteroatoms. The van der Waals surface area contributed by atoms with Gasteiger partial charge in [0, 0.05) is 31.1 Å². The van der Waals surface area contributed by atoms with Gasteiger partial charge in [-0.3, -0.25) is 9.98 Å². The summed E-state index contributed by atoms with van der Waals surface area (Å²) in [6, 6.07) is 4.08. The standard InChI is InChI=1S/C9H10N2/c1-2-8(6-10-4-1)9-3-5-11-7-9/h1-2,4,6-7,9H,3,5H2. The fourth-order valence-corrected chi connectivity index (χ4v) is 1.34. The zero-order chi connectivity index (χ0) is 7.52. The summed E-state index contributed by atoms with van der Waals surface area (Å²) in [5.74, 6) is 0.517. The molecule has 1 aromatic rings. The Labute approximate surface area is 66.0 Å². The lowest BCUT2D eigenvalue weighted by molar-refractivity contribution is 0.842. The van der Waals surface area contributed by atoms with E-state index < -0.39 is 0 Å². The van der Waals surface area contributed by atoms with Gasteiger partial charge in [0.15, 0.2) is 0 Å². The maximum absolute atomic E-state index is 4.19. The Morgan fingerprint density at radius 2 is 2.45 bits per heavy atom. The molecule has 1 unspecified atom stereocenters. The molecule has 0 fully saturated rings. The second kappa shape index (κ2) is 2.82. The van der Waals surface area contributed by atoms with Gasteiger partial charge in [-0.25, -0.2) is 0 Å². The SMILES string of the molecule is C1=NCCC1c1cccnc1. The van der Waals surface area contributed by atoms with Crippen molar-refractivity contribution in [3.8, 4) is 0 Å². The summed E-state index contributed by atoms with van der Waals surface area (Å²) in [4.78, 5) is 8.26. The van der Waals surface area contributed by atoms with Crippen molar-refractivity contribution in [2.45, 2.75) is 12.3 Å². The van der Waals surface area contributed by atoms with Gasteiger partial charge in [0.1, 0.15) is 0 Å². The normalized spacial score (nSPS) is 22.4. The molecule has 56 valence electrons. The van der Waals surface area contributed by atoms with Crippen molar-refractivity contribution in [2.24, 2.45) is 4.99 Å². The van der Waals surface area contributed by atoms with E-state index in [0.717, 1.165) is 13.0 Å². The van der Waals surface area contributed by atoms with Gasteiger partial charge in [0.25, 0.3) is 0 Å². The number of pyridine rings is 1. The monoisotopic (exact) mass is 146 g/mol. The summed E-state index contributed by atoms with van der Waals surface area (Å²) in [6.07, 6.45) is 6.89. The van der Waals surface area contributed by atoms with Gasteiger partial charge in [0.2, 0.25) is 0 Å². The average Bonchev–Trinajstić information content (AvgIpc) is 2.58. The molecule has 0 N–H and O–H groups in total. The van der Waals surface area contributed by atoms with Gasteiger partial charge in [-0.2, -0.15) is 0 Å². The molecular formula is C9H10N2. The summed E-state index contributed by atoms with van der Waals surface area (Å²) >= 11 is 0. The molecule has 0 aromatic carbocycles. The smallest absolute Gasteiger partial charge is 0.0395 e. The minimum absolute atomic E-state index is 0.517. The maximum atomic E-state index is 4.19. The maximum Gasteiger partial charge on any atom is 0.0395 e. The lowest BCUT2D eigenvalue weighted by Gasteiger charge is -2.03. The molecule has 1 atom stereocenters. The van der Waals surface area contributed by atoms with Crippen molar-refractivity contribution in [1.82, 2.24) is 4.98 Å². The number of aromatic nitrogens is 1. The lowest BCUT2D eigenvalue weighted by Crippen LogP contribution is -1.95. The summed E-state index contributed by atoms with van der Waals surface area (Å²) in [6.45, 7) is 0.972. The van der Waals surface area contributed by atoms with Gasteiger partial charge in [-0.05, 0) is 18.1 Å². The third kappa shape index (κ3) is 1.29. The molecule has 0 amide bonds. The fraction of sp³-hybridized carbons (Fsp3) is 0.333. The van der Waals surface area contributed by atoms with Gasteiger partial charge in [-0.1, -0.05) is 6.07 Å². The van der Waals surface area contributed by atoms with E-state index in [4.69, 9.17) is 0 Å². The van der Waals surface area contributed by atoms with E-state index in [1.54, 1.807) is 6.20 Å². The van der Waals surface area contributed by atoms with E-state index in [1.807, 2.05) is 18.5 Å². The summed E-state index contributed by atoms with van der Waals surface area (Å²) in [7, 11) is 0. The molecule has 0 spiro atoms. The van der Waals surface area contributed by atoms with Crippen LogP contribution in [0.5, 0.6) is 0 Å². The zero-order valence-corrected chi connectivity index (χ0v) is 6.27.